The van der Waals surface area contributed by atoms with Gasteiger partial charge >= 0.3 is 0 Å². The fraction of sp³-hybridized carbons (Fsp3) is 0.923. The molecule has 298 valence electrons. The van der Waals surface area contributed by atoms with Crippen molar-refractivity contribution in [2.24, 2.45) is 35.0 Å². The SMILES string of the molecule is COC1C(O)C(C)OC(OC2OC(CC3CCC4/C5=C/C(=O)C(C)C[C@@H](OC6OC(CO)C(O)C(O)C6O)CCCC5CC[C@]34C)CC[C@H]2C)C1O. The van der Waals surface area contributed by atoms with Gasteiger partial charge in [-0.15, -0.1) is 0 Å². The molecule has 13 heteroatoms. The standard InChI is InChI=1S/C39H64O13/c1-19-9-11-25(49-36(19)52-38-34(46)35(47-5)30(42)21(3)48-38)16-23-10-12-27-26-17-28(41)20(2)15-24(8-6-7-22(26)13-14-39(23,27)4)50-37-33(45)32(44)31(43)29(18-40)51-37/h17,19-25,27,29-38,40,42-46H,6-16,18H2,1-5H3/b26-17+/t19-,20?,21?,22?,23?,24+,25?,27?,29?,30?,31?,32?,33?,34?,35?,36?,37?,38?,39-/m1/s1. The average molecular weight is 741 g/mol. The van der Waals surface area contributed by atoms with Crippen LogP contribution in [-0.2, 0) is 33.2 Å². The number of carbonyl (C=O) groups is 1. The predicted molar refractivity (Wildman–Crippen MR) is 186 cm³/mol. The lowest BCUT2D eigenvalue weighted by Crippen LogP contribution is -2.59. The second kappa shape index (κ2) is 17.0. The summed E-state index contributed by atoms with van der Waals surface area (Å²) in [5.41, 5.74) is 1.35. The molecule has 19 atom stereocenters. The van der Waals surface area contributed by atoms with E-state index in [1.165, 1.54) is 12.7 Å². The normalized spacial score (nSPS) is 51.6. The number of rotatable bonds is 8. The summed E-state index contributed by atoms with van der Waals surface area (Å²) in [5, 5.41) is 61.9. The highest BCUT2D eigenvalue weighted by atomic mass is 16.8. The van der Waals surface area contributed by atoms with Crippen molar-refractivity contribution < 1.29 is 63.9 Å². The van der Waals surface area contributed by atoms with Crippen molar-refractivity contribution in [3.63, 3.8) is 0 Å². The molecular formula is C39H64O13. The first kappa shape index (κ1) is 40.6. The smallest absolute Gasteiger partial charge is 0.189 e. The van der Waals surface area contributed by atoms with Crippen LogP contribution in [-0.4, -0.2) is 130 Å². The average Bonchev–Trinajstić information content (AvgIpc) is 3.44. The van der Waals surface area contributed by atoms with E-state index in [1.54, 1.807) is 6.92 Å². The van der Waals surface area contributed by atoms with Crippen molar-refractivity contribution in [1.82, 2.24) is 0 Å². The Hall–Kier alpha value is -1.07. The van der Waals surface area contributed by atoms with Gasteiger partial charge in [0, 0.05) is 18.9 Å². The lowest BCUT2D eigenvalue weighted by atomic mass is 9.58. The van der Waals surface area contributed by atoms with Crippen molar-refractivity contribution in [2.45, 2.75) is 178 Å². The summed E-state index contributed by atoms with van der Waals surface area (Å²) in [6, 6.07) is 0. The highest BCUT2D eigenvalue weighted by molar-refractivity contribution is 5.92. The number of fused-ring (bicyclic) bond motifs is 3. The van der Waals surface area contributed by atoms with Crippen molar-refractivity contribution in [2.75, 3.05) is 13.7 Å². The van der Waals surface area contributed by atoms with Gasteiger partial charge in [0.25, 0.3) is 0 Å². The number of allylic oxidation sites excluding steroid dienone is 2. The monoisotopic (exact) mass is 740 g/mol. The van der Waals surface area contributed by atoms with Gasteiger partial charge in [0.15, 0.2) is 24.7 Å². The number of hydrogen-bond donors (Lipinski definition) is 6. The van der Waals surface area contributed by atoms with Crippen LogP contribution in [0.25, 0.3) is 0 Å². The first-order valence-corrected chi connectivity index (χ1v) is 19.8. The molecule has 0 radical (unpaired) electrons. The highest BCUT2D eigenvalue weighted by Gasteiger charge is 2.53. The first-order chi connectivity index (χ1) is 24.7. The number of aliphatic hydroxyl groups is 6. The van der Waals surface area contributed by atoms with Crippen molar-refractivity contribution in [1.29, 1.82) is 0 Å². The summed E-state index contributed by atoms with van der Waals surface area (Å²) in [4.78, 5) is 13.8. The largest absolute Gasteiger partial charge is 0.394 e. The minimum Gasteiger partial charge on any atom is -0.394 e. The highest BCUT2D eigenvalue weighted by Crippen LogP contribution is 2.61. The molecular weight excluding hydrogens is 676 g/mol. The van der Waals surface area contributed by atoms with E-state index in [4.69, 9.17) is 28.4 Å². The fourth-order valence-electron chi connectivity index (χ4n) is 10.3. The van der Waals surface area contributed by atoms with Gasteiger partial charge in [-0.2, -0.15) is 0 Å². The van der Waals surface area contributed by atoms with Gasteiger partial charge in [0.2, 0.25) is 0 Å². The Morgan fingerprint density at radius 2 is 1.56 bits per heavy atom. The molecule has 6 N–H and O–H groups in total. The van der Waals surface area contributed by atoms with E-state index in [0.29, 0.717) is 30.6 Å². The molecule has 6 aliphatic rings. The third-order valence-corrected chi connectivity index (χ3v) is 13.7. The predicted octanol–water partition coefficient (Wildman–Crippen LogP) is 2.35. The van der Waals surface area contributed by atoms with Crippen LogP contribution in [0.15, 0.2) is 11.6 Å². The quantitative estimate of drug-likeness (QED) is 0.213. The second-order valence-electron chi connectivity index (χ2n) is 17.1. The molecule has 3 saturated heterocycles. The third-order valence-electron chi connectivity index (χ3n) is 13.7. The van der Waals surface area contributed by atoms with E-state index >= 15 is 0 Å². The molecule has 13 nitrogen and oxygen atoms in total. The summed E-state index contributed by atoms with van der Waals surface area (Å²) >= 11 is 0. The van der Waals surface area contributed by atoms with Gasteiger partial charge in [0.05, 0.1) is 24.9 Å². The zero-order chi connectivity index (χ0) is 37.5. The van der Waals surface area contributed by atoms with Crippen molar-refractivity contribution >= 4 is 5.78 Å². The molecule has 3 aliphatic carbocycles. The number of hydrogen-bond acceptors (Lipinski definition) is 13. The van der Waals surface area contributed by atoms with E-state index in [2.05, 4.69) is 13.8 Å². The van der Waals surface area contributed by atoms with Gasteiger partial charge in [-0.25, -0.2) is 0 Å². The minimum absolute atomic E-state index is 0.00165. The third kappa shape index (κ3) is 8.22. The molecule has 3 heterocycles. The zero-order valence-electron chi connectivity index (χ0n) is 31.5. The zero-order valence-corrected chi connectivity index (χ0v) is 31.5. The van der Waals surface area contributed by atoms with E-state index in [-0.39, 0.29) is 29.1 Å². The van der Waals surface area contributed by atoms with Gasteiger partial charge < -0.3 is 59.1 Å². The number of methoxy groups -OCH3 is 1. The molecule has 0 bridgehead atoms. The summed E-state index contributed by atoms with van der Waals surface area (Å²) in [5.74, 6) is 0.932. The lowest BCUT2D eigenvalue weighted by Gasteiger charge is -2.47. The van der Waals surface area contributed by atoms with Gasteiger partial charge in [-0.1, -0.05) is 32.8 Å². The summed E-state index contributed by atoms with van der Waals surface area (Å²) < 4.78 is 35.8. The molecule has 5 fully saturated rings. The fourth-order valence-corrected chi connectivity index (χ4v) is 10.3. The Bertz CT molecular complexity index is 1230. The Balaban J connectivity index is 1.09. The van der Waals surface area contributed by atoms with Gasteiger partial charge in [-0.05, 0) is 100 Å². The minimum atomic E-state index is -1.51. The van der Waals surface area contributed by atoms with Crippen LogP contribution >= 0.6 is 0 Å². The van der Waals surface area contributed by atoms with Crippen molar-refractivity contribution in [3.05, 3.63) is 11.6 Å². The Kier molecular flexibility index (Phi) is 13.2. The summed E-state index contributed by atoms with van der Waals surface area (Å²) in [7, 11) is 1.46. The molecule has 52 heavy (non-hydrogen) atoms. The van der Waals surface area contributed by atoms with E-state index in [1.807, 2.05) is 13.0 Å². The Morgan fingerprint density at radius 1 is 0.808 bits per heavy atom. The molecule has 6 rings (SSSR count). The molecule has 2 saturated carbocycles. The van der Waals surface area contributed by atoms with Crippen LogP contribution in [0.1, 0.15) is 98.3 Å². The van der Waals surface area contributed by atoms with Gasteiger partial charge in [0.1, 0.15) is 42.7 Å². The van der Waals surface area contributed by atoms with Crippen LogP contribution in [0.3, 0.4) is 0 Å². The summed E-state index contributed by atoms with van der Waals surface area (Å²) in [6.45, 7) is 7.62. The summed E-state index contributed by atoms with van der Waals surface area (Å²) in [6.07, 6.45) is -0.292. The Morgan fingerprint density at radius 3 is 2.29 bits per heavy atom. The molecule has 0 amide bonds. The maximum Gasteiger partial charge on any atom is 0.189 e. The van der Waals surface area contributed by atoms with Crippen LogP contribution in [0.5, 0.6) is 0 Å². The van der Waals surface area contributed by atoms with Crippen LogP contribution in [0, 0.1) is 35.0 Å². The molecule has 0 aromatic rings. The van der Waals surface area contributed by atoms with E-state index in [9.17, 15) is 35.4 Å². The number of carbonyl (C=O) groups excluding carboxylic acids is 1. The van der Waals surface area contributed by atoms with Crippen LogP contribution in [0.2, 0.25) is 0 Å². The molecule has 0 aromatic heterocycles. The molecule has 3 aliphatic heterocycles. The second-order valence-corrected chi connectivity index (χ2v) is 17.1. The van der Waals surface area contributed by atoms with Gasteiger partial charge in [-0.3, -0.25) is 4.79 Å². The van der Waals surface area contributed by atoms with E-state index < -0.39 is 80.4 Å². The lowest BCUT2D eigenvalue weighted by molar-refractivity contribution is -0.352. The molecule has 16 unspecified atom stereocenters. The number of ether oxygens (including phenoxy) is 6. The number of aliphatic hydroxyl groups excluding tert-OH is 6. The maximum absolute atomic E-state index is 13.8. The molecule has 0 spiro atoms. The molecule has 0 aromatic carbocycles. The first-order valence-electron chi connectivity index (χ1n) is 19.8. The Labute approximate surface area is 307 Å². The topological polar surface area (TPSA) is 194 Å². The van der Waals surface area contributed by atoms with Crippen LogP contribution < -0.4 is 0 Å². The van der Waals surface area contributed by atoms with Crippen molar-refractivity contribution in [3.8, 4) is 0 Å². The van der Waals surface area contributed by atoms with E-state index in [0.717, 1.165) is 57.8 Å². The number of ketones is 1. The maximum atomic E-state index is 13.8. The van der Waals surface area contributed by atoms with Crippen LogP contribution in [0.4, 0.5) is 0 Å².